The number of nitrogens with one attached hydrogen (secondary N) is 1. The van der Waals surface area contributed by atoms with Gasteiger partial charge in [-0.3, -0.25) is 0 Å². The SMILES string of the molecule is COc1ccc(CN2CCNc3ccccc32)cc1. The average Bonchev–Trinajstić information content (AvgIpc) is 2.48. The van der Waals surface area contributed by atoms with Gasteiger partial charge in [-0.2, -0.15) is 0 Å². The zero-order chi connectivity index (χ0) is 13.1. The Morgan fingerprint density at radius 1 is 1.11 bits per heavy atom. The molecule has 3 rings (SSSR count). The minimum atomic E-state index is 0.907. The van der Waals surface area contributed by atoms with Gasteiger partial charge in [0, 0.05) is 19.6 Å². The molecule has 0 aliphatic carbocycles. The van der Waals surface area contributed by atoms with Crippen LogP contribution in [0.1, 0.15) is 5.56 Å². The van der Waals surface area contributed by atoms with Crippen molar-refractivity contribution in [1.82, 2.24) is 0 Å². The van der Waals surface area contributed by atoms with Crippen LogP contribution in [0.3, 0.4) is 0 Å². The van der Waals surface area contributed by atoms with Crippen molar-refractivity contribution in [2.75, 3.05) is 30.4 Å². The van der Waals surface area contributed by atoms with Crippen LogP contribution in [0.2, 0.25) is 0 Å². The summed E-state index contributed by atoms with van der Waals surface area (Å²) < 4.78 is 5.19. The van der Waals surface area contributed by atoms with Gasteiger partial charge in [0.05, 0.1) is 18.5 Å². The van der Waals surface area contributed by atoms with E-state index >= 15 is 0 Å². The number of hydrogen-bond acceptors (Lipinski definition) is 3. The van der Waals surface area contributed by atoms with E-state index in [0.29, 0.717) is 0 Å². The van der Waals surface area contributed by atoms with E-state index in [-0.39, 0.29) is 0 Å². The van der Waals surface area contributed by atoms with Crippen molar-refractivity contribution in [3.63, 3.8) is 0 Å². The quantitative estimate of drug-likeness (QED) is 0.910. The number of anilines is 2. The molecule has 3 nitrogen and oxygen atoms in total. The molecule has 0 atom stereocenters. The predicted octanol–water partition coefficient (Wildman–Crippen LogP) is 3.13. The van der Waals surface area contributed by atoms with Crippen LogP contribution in [0.4, 0.5) is 11.4 Å². The maximum Gasteiger partial charge on any atom is 0.118 e. The normalized spacial score (nSPS) is 13.6. The zero-order valence-electron chi connectivity index (χ0n) is 11.1. The van der Waals surface area contributed by atoms with E-state index in [2.05, 4.69) is 46.6 Å². The van der Waals surface area contributed by atoms with E-state index in [1.807, 2.05) is 12.1 Å². The molecule has 0 aromatic heterocycles. The van der Waals surface area contributed by atoms with Crippen molar-refractivity contribution in [1.29, 1.82) is 0 Å². The number of fused-ring (bicyclic) bond motifs is 1. The fourth-order valence-electron chi connectivity index (χ4n) is 2.46. The fraction of sp³-hybridized carbons (Fsp3) is 0.250. The van der Waals surface area contributed by atoms with Crippen LogP contribution < -0.4 is 15.0 Å². The van der Waals surface area contributed by atoms with Gasteiger partial charge in [0.25, 0.3) is 0 Å². The zero-order valence-corrected chi connectivity index (χ0v) is 11.1. The molecular weight excluding hydrogens is 236 g/mol. The molecule has 0 radical (unpaired) electrons. The summed E-state index contributed by atoms with van der Waals surface area (Å²) in [7, 11) is 1.70. The van der Waals surface area contributed by atoms with Crippen molar-refractivity contribution in [2.24, 2.45) is 0 Å². The minimum absolute atomic E-state index is 0.907. The lowest BCUT2D eigenvalue weighted by Gasteiger charge is -2.32. The molecule has 0 unspecified atom stereocenters. The van der Waals surface area contributed by atoms with Crippen molar-refractivity contribution >= 4 is 11.4 Å². The molecule has 19 heavy (non-hydrogen) atoms. The summed E-state index contributed by atoms with van der Waals surface area (Å²) in [5.41, 5.74) is 3.81. The van der Waals surface area contributed by atoms with E-state index in [0.717, 1.165) is 25.4 Å². The molecule has 0 amide bonds. The van der Waals surface area contributed by atoms with Crippen LogP contribution >= 0.6 is 0 Å². The van der Waals surface area contributed by atoms with Gasteiger partial charge >= 0.3 is 0 Å². The van der Waals surface area contributed by atoms with Gasteiger partial charge < -0.3 is 15.0 Å². The Balaban J connectivity index is 1.80. The first-order chi connectivity index (χ1) is 9.36. The average molecular weight is 254 g/mol. The summed E-state index contributed by atoms with van der Waals surface area (Å²) in [5, 5.41) is 3.43. The van der Waals surface area contributed by atoms with Crippen LogP contribution in [0.25, 0.3) is 0 Å². The largest absolute Gasteiger partial charge is 0.497 e. The summed E-state index contributed by atoms with van der Waals surface area (Å²) in [6.07, 6.45) is 0. The Hall–Kier alpha value is -2.16. The van der Waals surface area contributed by atoms with Crippen LogP contribution in [-0.4, -0.2) is 20.2 Å². The van der Waals surface area contributed by atoms with Gasteiger partial charge in [-0.05, 0) is 29.8 Å². The van der Waals surface area contributed by atoms with Gasteiger partial charge in [0.2, 0.25) is 0 Å². The summed E-state index contributed by atoms with van der Waals surface area (Å²) >= 11 is 0. The molecule has 98 valence electrons. The maximum absolute atomic E-state index is 5.19. The standard InChI is InChI=1S/C16H18N2O/c1-19-14-8-6-13(7-9-14)12-18-11-10-17-15-4-2-3-5-16(15)18/h2-9,17H,10-12H2,1H3. The van der Waals surface area contributed by atoms with Crippen LogP contribution in [0.15, 0.2) is 48.5 Å². The summed E-state index contributed by atoms with van der Waals surface area (Å²) in [6, 6.07) is 16.8. The Morgan fingerprint density at radius 2 is 1.89 bits per heavy atom. The predicted molar refractivity (Wildman–Crippen MR) is 79.0 cm³/mol. The van der Waals surface area contributed by atoms with Gasteiger partial charge in [0.15, 0.2) is 0 Å². The summed E-state index contributed by atoms with van der Waals surface area (Å²) in [6.45, 7) is 2.96. The van der Waals surface area contributed by atoms with Gasteiger partial charge in [0.1, 0.15) is 5.75 Å². The van der Waals surface area contributed by atoms with E-state index in [9.17, 15) is 0 Å². The fourth-order valence-corrected chi connectivity index (χ4v) is 2.46. The molecule has 0 saturated carbocycles. The summed E-state index contributed by atoms with van der Waals surface area (Å²) in [5.74, 6) is 0.907. The van der Waals surface area contributed by atoms with E-state index in [4.69, 9.17) is 4.74 Å². The first-order valence-electron chi connectivity index (χ1n) is 6.57. The third kappa shape index (κ3) is 2.50. The molecular formula is C16H18N2O. The lowest BCUT2D eigenvalue weighted by molar-refractivity contribution is 0.414. The Labute approximate surface area is 113 Å². The van der Waals surface area contributed by atoms with Crippen molar-refractivity contribution < 1.29 is 4.74 Å². The second-order valence-corrected chi connectivity index (χ2v) is 4.71. The third-order valence-corrected chi connectivity index (χ3v) is 3.47. The molecule has 1 aliphatic rings. The molecule has 0 saturated heterocycles. The maximum atomic E-state index is 5.19. The minimum Gasteiger partial charge on any atom is -0.497 e. The molecule has 1 N–H and O–H groups in total. The highest BCUT2D eigenvalue weighted by molar-refractivity contribution is 5.71. The van der Waals surface area contributed by atoms with Crippen LogP contribution in [0.5, 0.6) is 5.75 Å². The molecule has 0 fully saturated rings. The van der Waals surface area contributed by atoms with Crippen LogP contribution in [0, 0.1) is 0 Å². The second-order valence-electron chi connectivity index (χ2n) is 4.71. The Morgan fingerprint density at radius 3 is 2.68 bits per heavy atom. The number of ether oxygens (including phenoxy) is 1. The van der Waals surface area contributed by atoms with Crippen molar-refractivity contribution in [3.8, 4) is 5.75 Å². The highest BCUT2D eigenvalue weighted by atomic mass is 16.5. The van der Waals surface area contributed by atoms with Gasteiger partial charge in [-0.1, -0.05) is 24.3 Å². The smallest absolute Gasteiger partial charge is 0.118 e. The number of rotatable bonds is 3. The van der Waals surface area contributed by atoms with Crippen molar-refractivity contribution in [2.45, 2.75) is 6.54 Å². The molecule has 2 aromatic rings. The molecule has 0 spiro atoms. The highest BCUT2D eigenvalue weighted by Gasteiger charge is 2.15. The summed E-state index contributed by atoms with van der Waals surface area (Å²) in [4.78, 5) is 2.41. The molecule has 0 bridgehead atoms. The Kier molecular flexibility index (Phi) is 3.27. The van der Waals surface area contributed by atoms with E-state index in [1.165, 1.54) is 16.9 Å². The number of methoxy groups -OCH3 is 1. The Bertz CT molecular complexity index is 551. The first kappa shape index (κ1) is 11.9. The molecule has 2 aromatic carbocycles. The monoisotopic (exact) mass is 254 g/mol. The molecule has 3 heteroatoms. The lowest BCUT2D eigenvalue weighted by Crippen LogP contribution is -2.33. The molecule has 1 aliphatic heterocycles. The molecule has 1 heterocycles. The van der Waals surface area contributed by atoms with E-state index < -0.39 is 0 Å². The number of hydrogen-bond donors (Lipinski definition) is 1. The number of nitrogens with zero attached hydrogens (tertiary/aromatic N) is 1. The second kappa shape index (κ2) is 5.22. The topological polar surface area (TPSA) is 24.5 Å². The van der Waals surface area contributed by atoms with Crippen molar-refractivity contribution in [3.05, 3.63) is 54.1 Å². The van der Waals surface area contributed by atoms with Crippen LogP contribution in [-0.2, 0) is 6.54 Å². The third-order valence-electron chi connectivity index (χ3n) is 3.47. The lowest BCUT2D eigenvalue weighted by atomic mass is 10.1. The van der Waals surface area contributed by atoms with E-state index in [1.54, 1.807) is 7.11 Å². The number of benzene rings is 2. The number of para-hydroxylation sites is 2. The van der Waals surface area contributed by atoms with Gasteiger partial charge in [-0.15, -0.1) is 0 Å². The van der Waals surface area contributed by atoms with Gasteiger partial charge in [-0.25, -0.2) is 0 Å². The highest BCUT2D eigenvalue weighted by Crippen LogP contribution is 2.29. The first-order valence-corrected chi connectivity index (χ1v) is 6.57.